The van der Waals surface area contributed by atoms with Gasteiger partial charge in [0.2, 0.25) is 29.5 Å². The van der Waals surface area contributed by atoms with Gasteiger partial charge in [-0.15, -0.1) is 0 Å². The van der Waals surface area contributed by atoms with Gasteiger partial charge in [-0.25, -0.2) is 14.4 Å². The molecule has 23 nitrogen and oxygen atoms in total. The Morgan fingerprint density at radius 1 is 0.382 bits per heavy atom. The topological polar surface area (TPSA) is 349 Å². The minimum atomic E-state index is -1.40. The van der Waals surface area contributed by atoms with Crippen LogP contribution in [0.5, 0.6) is 0 Å². The number of nitrogens with one attached hydrogen (secondary N) is 5. The molecule has 0 unspecified atom stereocenters. The molecule has 0 spiro atoms. The van der Waals surface area contributed by atoms with Gasteiger partial charge in [0.15, 0.2) is 0 Å². The quantitative estimate of drug-likeness (QED) is 0.0310. The molecule has 5 amide bonds. The molecule has 0 aliphatic carbocycles. The van der Waals surface area contributed by atoms with Crippen LogP contribution in [0.1, 0.15) is 141 Å². The normalized spacial score (nSPS) is 12.2. The zero-order valence-corrected chi connectivity index (χ0v) is 39.4. The Morgan fingerprint density at radius 3 is 1.18 bits per heavy atom. The minimum Gasteiger partial charge on any atom is -0.481 e. The van der Waals surface area contributed by atoms with Crippen molar-refractivity contribution in [3.63, 3.8) is 0 Å². The number of unbranched alkanes of at least 4 members (excludes halogenated alkanes) is 13. The molecule has 68 heavy (non-hydrogen) atoms. The van der Waals surface area contributed by atoms with E-state index in [2.05, 4.69) is 26.6 Å². The van der Waals surface area contributed by atoms with E-state index in [-0.39, 0.29) is 117 Å². The third-order valence-corrected chi connectivity index (χ3v) is 10.2. The van der Waals surface area contributed by atoms with Gasteiger partial charge in [0.25, 0.3) is 0 Å². The SMILES string of the molecule is O=CCC[C@H](NC(=O)COCCOCCNC(=O)COCCOCCNC(=O)CC[C@H](NC(=O)CC[C@H](NC(=O)CCCCCCCCCCCCCCCCC(=O)O)C(=O)O)C(=O)O)C(=O)O. The molecule has 0 radical (unpaired) electrons. The van der Waals surface area contributed by atoms with E-state index in [1.54, 1.807) is 0 Å². The zero-order chi connectivity index (χ0) is 50.6. The highest BCUT2D eigenvalue weighted by atomic mass is 16.5. The molecular weight excluding hydrogens is 899 g/mol. The number of hydrogen-bond acceptors (Lipinski definition) is 14. The second-order valence-corrected chi connectivity index (χ2v) is 16.1. The Hall–Kier alpha value is -5.26. The van der Waals surface area contributed by atoms with Gasteiger partial charge in [0, 0.05) is 45.2 Å². The predicted octanol–water partition coefficient (Wildman–Crippen LogP) is 1.86. The summed E-state index contributed by atoms with van der Waals surface area (Å²) >= 11 is 0. The lowest BCUT2D eigenvalue weighted by atomic mass is 10.0. The van der Waals surface area contributed by atoms with Gasteiger partial charge in [0.05, 0.1) is 39.6 Å². The first-order valence-electron chi connectivity index (χ1n) is 23.7. The summed E-state index contributed by atoms with van der Waals surface area (Å²) in [5, 5.41) is 49.0. The van der Waals surface area contributed by atoms with Crippen molar-refractivity contribution >= 4 is 59.7 Å². The van der Waals surface area contributed by atoms with Gasteiger partial charge in [0.1, 0.15) is 37.6 Å². The Balaban J connectivity index is 3.98. The summed E-state index contributed by atoms with van der Waals surface area (Å²) in [6.07, 6.45) is 14.3. The maximum absolute atomic E-state index is 12.5. The molecule has 0 fully saturated rings. The number of rotatable bonds is 48. The van der Waals surface area contributed by atoms with Gasteiger partial charge in [-0.1, -0.05) is 77.0 Å². The smallest absolute Gasteiger partial charge is 0.326 e. The summed E-state index contributed by atoms with van der Waals surface area (Å²) in [6, 6.07) is -3.92. The molecule has 0 heterocycles. The Morgan fingerprint density at radius 2 is 0.735 bits per heavy atom. The highest BCUT2D eigenvalue weighted by Crippen LogP contribution is 2.14. The highest BCUT2D eigenvalue weighted by Gasteiger charge is 2.25. The summed E-state index contributed by atoms with van der Waals surface area (Å²) < 4.78 is 21.0. The fraction of sp³-hybridized carbons (Fsp3) is 0.778. The molecule has 0 aliphatic heterocycles. The van der Waals surface area contributed by atoms with Crippen LogP contribution in [0.3, 0.4) is 0 Å². The molecule has 0 aromatic carbocycles. The number of aldehydes is 1. The van der Waals surface area contributed by atoms with Crippen LogP contribution in [0.4, 0.5) is 0 Å². The molecule has 23 heteroatoms. The van der Waals surface area contributed by atoms with Crippen LogP contribution in [-0.4, -0.2) is 164 Å². The van der Waals surface area contributed by atoms with Crippen molar-refractivity contribution < 1.29 is 87.3 Å². The van der Waals surface area contributed by atoms with E-state index in [1.165, 1.54) is 25.7 Å². The number of carboxylic acids is 4. The lowest BCUT2D eigenvalue weighted by molar-refractivity contribution is -0.143. The third kappa shape index (κ3) is 39.9. The first kappa shape index (κ1) is 62.7. The van der Waals surface area contributed by atoms with Gasteiger partial charge in [-0.2, -0.15) is 0 Å². The van der Waals surface area contributed by atoms with Gasteiger partial charge < -0.3 is 70.8 Å². The molecule has 0 saturated heterocycles. The molecule has 0 bridgehead atoms. The molecule has 0 saturated carbocycles. The second kappa shape index (κ2) is 43.0. The molecule has 390 valence electrons. The number of carbonyl (C=O) groups is 10. The Labute approximate surface area is 398 Å². The molecular formula is C45H77N5O18. The summed E-state index contributed by atoms with van der Waals surface area (Å²) in [7, 11) is 0. The fourth-order valence-corrected chi connectivity index (χ4v) is 6.44. The van der Waals surface area contributed by atoms with Crippen LogP contribution in [0, 0.1) is 0 Å². The molecule has 0 aromatic rings. The largest absolute Gasteiger partial charge is 0.481 e. The number of carboxylic acid groups (broad SMARTS) is 4. The van der Waals surface area contributed by atoms with Crippen molar-refractivity contribution in [1.82, 2.24) is 26.6 Å². The van der Waals surface area contributed by atoms with E-state index < -0.39 is 71.5 Å². The average Bonchev–Trinajstić information content (AvgIpc) is 3.28. The Kier molecular flexibility index (Phi) is 39.7. The highest BCUT2D eigenvalue weighted by molar-refractivity contribution is 5.87. The standard InChI is InChI=1S/C45H77N5O18/c51-25-15-16-34(43(59)60)50-41(56)33-68-31-29-66-27-24-47-40(55)32-67-30-28-65-26-23-46-37(52)21-19-35(44(61)62)49-39(54)22-20-36(45(63)64)48-38(53)17-13-11-9-7-5-3-1-2-4-6-8-10-12-14-18-42(57)58/h25,34-36H,1-24,26-33H2,(H,46,52)(H,47,55)(H,48,53)(H,49,54)(H,50,56)(H,57,58)(H,59,60)(H,61,62)(H,63,64)/t34-,35-,36-/m0/s1. The van der Waals surface area contributed by atoms with E-state index in [4.69, 9.17) is 29.2 Å². The van der Waals surface area contributed by atoms with Crippen molar-refractivity contribution in [2.24, 2.45) is 0 Å². The van der Waals surface area contributed by atoms with E-state index >= 15 is 0 Å². The number of amides is 5. The molecule has 0 aliphatic rings. The Bertz CT molecular complexity index is 1480. The van der Waals surface area contributed by atoms with Crippen LogP contribution < -0.4 is 26.6 Å². The summed E-state index contributed by atoms with van der Waals surface area (Å²) in [5.74, 6) is -7.41. The zero-order valence-electron chi connectivity index (χ0n) is 39.4. The lowest BCUT2D eigenvalue weighted by Gasteiger charge is -2.17. The third-order valence-electron chi connectivity index (χ3n) is 10.2. The fourth-order valence-electron chi connectivity index (χ4n) is 6.44. The number of ether oxygens (including phenoxy) is 4. The van der Waals surface area contributed by atoms with Crippen molar-refractivity contribution in [1.29, 1.82) is 0 Å². The maximum Gasteiger partial charge on any atom is 0.326 e. The number of hydrogen-bond donors (Lipinski definition) is 9. The molecule has 0 rings (SSSR count). The monoisotopic (exact) mass is 976 g/mol. The lowest BCUT2D eigenvalue weighted by Crippen LogP contribution is -2.44. The molecule has 0 aromatic heterocycles. The van der Waals surface area contributed by atoms with Crippen molar-refractivity contribution in [3.8, 4) is 0 Å². The van der Waals surface area contributed by atoms with E-state index in [0.29, 0.717) is 12.7 Å². The predicted molar refractivity (Wildman–Crippen MR) is 243 cm³/mol. The van der Waals surface area contributed by atoms with Crippen molar-refractivity contribution in [2.75, 3.05) is 65.9 Å². The molecule has 3 atom stereocenters. The summed E-state index contributed by atoms with van der Waals surface area (Å²) in [4.78, 5) is 116. The first-order chi connectivity index (χ1) is 32.7. The summed E-state index contributed by atoms with van der Waals surface area (Å²) in [5.41, 5.74) is 0. The maximum atomic E-state index is 12.5. The molecule has 9 N–H and O–H groups in total. The van der Waals surface area contributed by atoms with Crippen LogP contribution in [0.15, 0.2) is 0 Å². The second-order valence-electron chi connectivity index (χ2n) is 16.1. The van der Waals surface area contributed by atoms with Crippen LogP contribution >= 0.6 is 0 Å². The van der Waals surface area contributed by atoms with E-state index in [0.717, 1.165) is 57.8 Å². The van der Waals surface area contributed by atoms with E-state index in [1.807, 2.05) is 0 Å². The van der Waals surface area contributed by atoms with Gasteiger partial charge >= 0.3 is 23.9 Å². The van der Waals surface area contributed by atoms with E-state index in [9.17, 15) is 58.2 Å². The average molecular weight is 976 g/mol. The van der Waals surface area contributed by atoms with Crippen molar-refractivity contribution in [3.05, 3.63) is 0 Å². The number of carbonyl (C=O) groups excluding carboxylic acids is 6. The van der Waals surface area contributed by atoms with Crippen molar-refractivity contribution in [2.45, 2.75) is 159 Å². The summed E-state index contributed by atoms with van der Waals surface area (Å²) in [6.45, 7) is 0.250. The van der Waals surface area contributed by atoms with Crippen LogP contribution in [0.25, 0.3) is 0 Å². The van der Waals surface area contributed by atoms with Crippen LogP contribution in [-0.2, 0) is 66.9 Å². The minimum absolute atomic E-state index is 0.00710. The van der Waals surface area contributed by atoms with Gasteiger partial charge in [-0.3, -0.25) is 28.8 Å². The first-order valence-corrected chi connectivity index (χ1v) is 23.7. The number of aliphatic carboxylic acids is 4. The van der Waals surface area contributed by atoms with Crippen LogP contribution in [0.2, 0.25) is 0 Å². The van der Waals surface area contributed by atoms with Gasteiger partial charge in [-0.05, 0) is 32.1 Å².